The van der Waals surface area contributed by atoms with Crippen molar-refractivity contribution in [1.29, 1.82) is 0 Å². The molecule has 4 nitrogen and oxygen atoms in total. The molecule has 0 bridgehead atoms. The Morgan fingerprint density at radius 1 is 1.14 bits per heavy atom. The molecule has 21 heavy (non-hydrogen) atoms. The average Bonchev–Trinajstić information content (AvgIpc) is 2.85. The number of nitrogens with zero attached hydrogens (tertiary/aromatic N) is 3. The molecule has 0 unspecified atom stereocenters. The molecule has 0 amide bonds. The first-order valence-corrected chi connectivity index (χ1v) is 6.94. The number of pyridine rings is 1. The molecule has 2 aromatic heterocycles. The van der Waals surface area contributed by atoms with E-state index in [1.54, 1.807) is 18.3 Å². The van der Waals surface area contributed by atoms with E-state index in [1.807, 2.05) is 22.8 Å². The Bertz CT molecular complexity index is 754. The molecule has 0 aliphatic rings. The van der Waals surface area contributed by atoms with Crippen molar-refractivity contribution in [2.24, 2.45) is 0 Å². The summed E-state index contributed by atoms with van der Waals surface area (Å²) in [7, 11) is 0. The van der Waals surface area contributed by atoms with Crippen LogP contribution in [0.3, 0.4) is 0 Å². The molecule has 1 N–H and O–H groups in total. The smallest absolute Gasteiger partial charge is 0.160 e. The van der Waals surface area contributed by atoms with Crippen LogP contribution in [-0.2, 0) is 13.0 Å². The van der Waals surface area contributed by atoms with Gasteiger partial charge in [-0.25, -0.2) is 14.4 Å². The van der Waals surface area contributed by atoms with Gasteiger partial charge in [0.2, 0.25) is 0 Å². The predicted molar refractivity (Wildman–Crippen MR) is 78.4 cm³/mol. The minimum atomic E-state index is -0.233. The van der Waals surface area contributed by atoms with Crippen molar-refractivity contribution in [2.45, 2.75) is 19.4 Å². The second-order valence-corrected chi connectivity index (χ2v) is 4.88. The number of aliphatic hydroxyl groups excluding tert-OH is 1. The van der Waals surface area contributed by atoms with Gasteiger partial charge in [-0.05, 0) is 24.6 Å². The molecule has 0 saturated heterocycles. The largest absolute Gasteiger partial charge is 0.396 e. The van der Waals surface area contributed by atoms with Crippen molar-refractivity contribution in [2.75, 3.05) is 6.61 Å². The fourth-order valence-corrected chi connectivity index (χ4v) is 2.40. The summed E-state index contributed by atoms with van der Waals surface area (Å²) < 4.78 is 15.8. The van der Waals surface area contributed by atoms with Gasteiger partial charge in [-0.1, -0.05) is 18.2 Å². The van der Waals surface area contributed by atoms with Crippen LogP contribution in [-0.4, -0.2) is 26.2 Å². The highest BCUT2D eigenvalue weighted by Crippen LogP contribution is 2.18. The summed E-state index contributed by atoms with van der Waals surface area (Å²) in [6, 6.07) is 10.4. The first kappa shape index (κ1) is 13.7. The van der Waals surface area contributed by atoms with E-state index in [4.69, 9.17) is 5.11 Å². The maximum absolute atomic E-state index is 13.9. The van der Waals surface area contributed by atoms with Crippen molar-refractivity contribution in [1.82, 2.24) is 14.5 Å². The molecule has 0 fully saturated rings. The molecule has 0 spiro atoms. The SMILES string of the molecule is OCCCc1nc2cccnc2n1Cc1ccccc1F. The van der Waals surface area contributed by atoms with E-state index in [9.17, 15) is 4.39 Å². The lowest BCUT2D eigenvalue weighted by Gasteiger charge is -2.09. The van der Waals surface area contributed by atoms with Gasteiger partial charge in [-0.2, -0.15) is 0 Å². The lowest BCUT2D eigenvalue weighted by atomic mass is 10.2. The Kier molecular flexibility index (Phi) is 3.92. The summed E-state index contributed by atoms with van der Waals surface area (Å²) in [4.78, 5) is 8.89. The van der Waals surface area contributed by atoms with Gasteiger partial charge in [-0.3, -0.25) is 0 Å². The number of halogens is 1. The minimum absolute atomic E-state index is 0.107. The van der Waals surface area contributed by atoms with E-state index in [1.165, 1.54) is 6.07 Å². The Morgan fingerprint density at radius 3 is 2.81 bits per heavy atom. The van der Waals surface area contributed by atoms with E-state index >= 15 is 0 Å². The quantitative estimate of drug-likeness (QED) is 0.783. The summed E-state index contributed by atoms with van der Waals surface area (Å²) in [5.41, 5.74) is 2.14. The molecule has 5 heteroatoms. The number of aryl methyl sites for hydroxylation is 1. The van der Waals surface area contributed by atoms with Crippen LogP contribution in [0.2, 0.25) is 0 Å². The first-order chi connectivity index (χ1) is 10.3. The van der Waals surface area contributed by atoms with Gasteiger partial charge >= 0.3 is 0 Å². The molecular weight excluding hydrogens is 269 g/mol. The fourth-order valence-electron chi connectivity index (χ4n) is 2.40. The van der Waals surface area contributed by atoms with Crippen molar-refractivity contribution < 1.29 is 9.50 Å². The van der Waals surface area contributed by atoms with Crippen molar-refractivity contribution in [3.63, 3.8) is 0 Å². The molecule has 0 saturated carbocycles. The van der Waals surface area contributed by atoms with Gasteiger partial charge in [-0.15, -0.1) is 0 Å². The van der Waals surface area contributed by atoms with E-state index in [2.05, 4.69) is 9.97 Å². The summed E-state index contributed by atoms with van der Waals surface area (Å²) >= 11 is 0. The van der Waals surface area contributed by atoms with Crippen LogP contribution in [0, 0.1) is 5.82 Å². The Labute approximate surface area is 121 Å². The number of rotatable bonds is 5. The predicted octanol–water partition coefficient (Wildman–Crippen LogP) is 2.54. The number of hydrogen-bond acceptors (Lipinski definition) is 3. The molecule has 108 valence electrons. The lowest BCUT2D eigenvalue weighted by molar-refractivity contribution is 0.287. The summed E-state index contributed by atoms with van der Waals surface area (Å²) in [5, 5.41) is 9.01. The molecular formula is C16H16FN3O. The fraction of sp³-hybridized carbons (Fsp3) is 0.250. The molecule has 0 atom stereocenters. The number of fused-ring (bicyclic) bond motifs is 1. The summed E-state index contributed by atoms with van der Waals surface area (Å²) in [6.45, 7) is 0.497. The van der Waals surface area contributed by atoms with Crippen molar-refractivity contribution >= 4 is 11.2 Å². The van der Waals surface area contributed by atoms with Gasteiger partial charge in [0.15, 0.2) is 5.65 Å². The molecule has 1 aromatic carbocycles. The van der Waals surface area contributed by atoms with E-state index in [-0.39, 0.29) is 12.4 Å². The molecule has 0 aliphatic carbocycles. The third kappa shape index (κ3) is 2.78. The Balaban J connectivity index is 2.04. The van der Waals surface area contributed by atoms with Gasteiger partial charge in [0, 0.05) is 24.8 Å². The third-order valence-electron chi connectivity index (χ3n) is 3.43. The van der Waals surface area contributed by atoms with Crippen LogP contribution in [0.4, 0.5) is 4.39 Å². The zero-order valence-electron chi connectivity index (χ0n) is 11.5. The number of aromatic nitrogens is 3. The number of hydrogen-bond donors (Lipinski definition) is 1. The van der Waals surface area contributed by atoms with Crippen LogP contribution in [0.25, 0.3) is 11.2 Å². The highest BCUT2D eigenvalue weighted by atomic mass is 19.1. The molecule has 3 rings (SSSR count). The zero-order valence-corrected chi connectivity index (χ0v) is 11.5. The summed E-state index contributed by atoms with van der Waals surface area (Å²) in [5.74, 6) is 0.587. The van der Waals surface area contributed by atoms with Crippen LogP contribution < -0.4 is 0 Å². The van der Waals surface area contributed by atoms with Crippen LogP contribution in [0.1, 0.15) is 17.8 Å². The standard InChI is InChI=1S/C16H16FN3O/c17-13-6-2-1-5-12(13)11-20-15(8-4-10-21)19-14-7-3-9-18-16(14)20/h1-3,5-7,9,21H,4,8,10-11H2. The van der Waals surface area contributed by atoms with E-state index in [0.29, 0.717) is 24.9 Å². The average molecular weight is 285 g/mol. The molecule has 0 aliphatic heterocycles. The summed E-state index contributed by atoms with van der Waals surface area (Å²) in [6.07, 6.45) is 2.97. The van der Waals surface area contributed by atoms with Crippen molar-refractivity contribution in [3.05, 3.63) is 59.8 Å². The van der Waals surface area contributed by atoms with Crippen molar-refractivity contribution in [3.8, 4) is 0 Å². The van der Waals surface area contributed by atoms with E-state index in [0.717, 1.165) is 17.0 Å². The van der Waals surface area contributed by atoms with Crippen LogP contribution >= 0.6 is 0 Å². The molecule has 2 heterocycles. The van der Waals surface area contributed by atoms with E-state index < -0.39 is 0 Å². The second kappa shape index (κ2) is 6.01. The van der Waals surface area contributed by atoms with Gasteiger partial charge in [0.25, 0.3) is 0 Å². The maximum Gasteiger partial charge on any atom is 0.160 e. The Hall–Kier alpha value is -2.27. The number of imidazole rings is 1. The lowest BCUT2D eigenvalue weighted by Crippen LogP contribution is -2.08. The number of aliphatic hydroxyl groups is 1. The first-order valence-electron chi connectivity index (χ1n) is 6.94. The topological polar surface area (TPSA) is 50.9 Å². The van der Waals surface area contributed by atoms with Gasteiger partial charge in [0.05, 0.1) is 6.54 Å². The maximum atomic E-state index is 13.9. The number of benzene rings is 1. The molecule has 3 aromatic rings. The minimum Gasteiger partial charge on any atom is -0.396 e. The van der Waals surface area contributed by atoms with Gasteiger partial charge in [0.1, 0.15) is 17.2 Å². The third-order valence-corrected chi connectivity index (χ3v) is 3.43. The Morgan fingerprint density at radius 2 is 2.00 bits per heavy atom. The highest BCUT2D eigenvalue weighted by molar-refractivity contribution is 5.71. The van der Waals surface area contributed by atoms with Crippen LogP contribution in [0.5, 0.6) is 0 Å². The van der Waals surface area contributed by atoms with Gasteiger partial charge < -0.3 is 9.67 Å². The van der Waals surface area contributed by atoms with Crippen LogP contribution in [0.15, 0.2) is 42.6 Å². The second-order valence-electron chi connectivity index (χ2n) is 4.88. The highest BCUT2D eigenvalue weighted by Gasteiger charge is 2.13. The molecule has 0 radical (unpaired) electrons. The zero-order chi connectivity index (χ0) is 14.7. The normalized spacial score (nSPS) is 11.1. The monoisotopic (exact) mass is 285 g/mol.